The number of epoxide rings is 1. The average molecular weight is 243 g/mol. The van der Waals surface area contributed by atoms with Crippen LogP contribution in [0.3, 0.4) is 0 Å². The number of carbonyl (C=O) groups is 1. The minimum atomic E-state index is -0.421. The highest BCUT2D eigenvalue weighted by Crippen LogP contribution is 2.29. The van der Waals surface area contributed by atoms with E-state index < -0.39 is 5.60 Å². The van der Waals surface area contributed by atoms with Crippen LogP contribution in [0.1, 0.15) is 53.4 Å². The number of nitrogens with one attached hydrogen (secondary N) is 1. The van der Waals surface area contributed by atoms with Crippen molar-refractivity contribution >= 4 is 6.09 Å². The predicted molar refractivity (Wildman–Crippen MR) is 67.0 cm³/mol. The van der Waals surface area contributed by atoms with Crippen LogP contribution in [0.2, 0.25) is 0 Å². The lowest BCUT2D eigenvalue weighted by molar-refractivity contribution is 0.0526. The summed E-state index contributed by atoms with van der Waals surface area (Å²) < 4.78 is 10.6. The molecule has 1 N–H and O–H groups in total. The summed E-state index contributed by atoms with van der Waals surface area (Å²) in [7, 11) is 0. The first kappa shape index (κ1) is 14.3. The maximum absolute atomic E-state index is 11.3. The molecule has 0 spiro atoms. The number of hydrogen-bond acceptors (Lipinski definition) is 3. The van der Waals surface area contributed by atoms with Crippen LogP contribution in [-0.2, 0) is 9.47 Å². The van der Waals surface area contributed by atoms with Crippen molar-refractivity contribution in [2.45, 2.75) is 71.2 Å². The lowest BCUT2D eigenvalue weighted by Crippen LogP contribution is -2.33. The Hall–Kier alpha value is -0.770. The van der Waals surface area contributed by atoms with Gasteiger partial charge in [-0.15, -0.1) is 0 Å². The second-order valence-electron chi connectivity index (χ2n) is 5.57. The zero-order valence-corrected chi connectivity index (χ0v) is 11.4. The van der Waals surface area contributed by atoms with Crippen molar-refractivity contribution in [1.82, 2.24) is 5.32 Å². The molecule has 2 atom stereocenters. The maximum atomic E-state index is 11.3. The molecule has 4 heteroatoms. The molecule has 2 unspecified atom stereocenters. The van der Waals surface area contributed by atoms with E-state index >= 15 is 0 Å². The van der Waals surface area contributed by atoms with Gasteiger partial charge in [-0.3, -0.25) is 0 Å². The number of ether oxygens (including phenoxy) is 2. The highest BCUT2D eigenvalue weighted by molar-refractivity contribution is 5.67. The molecule has 0 aromatic rings. The van der Waals surface area contributed by atoms with Gasteiger partial charge in [0.1, 0.15) is 5.60 Å². The van der Waals surface area contributed by atoms with E-state index in [0.717, 1.165) is 19.3 Å². The highest BCUT2D eigenvalue weighted by Gasteiger charge is 2.36. The Balaban J connectivity index is 1.96. The van der Waals surface area contributed by atoms with Crippen LogP contribution in [0, 0.1) is 0 Å². The fourth-order valence-corrected chi connectivity index (χ4v) is 1.78. The van der Waals surface area contributed by atoms with Crippen LogP contribution in [0.4, 0.5) is 4.79 Å². The van der Waals surface area contributed by atoms with Crippen LogP contribution in [0.15, 0.2) is 0 Å². The molecule has 0 aromatic heterocycles. The number of amides is 1. The van der Waals surface area contributed by atoms with Crippen molar-refractivity contribution in [2.24, 2.45) is 0 Å². The van der Waals surface area contributed by atoms with E-state index in [0.29, 0.717) is 18.8 Å². The van der Waals surface area contributed by atoms with Crippen molar-refractivity contribution in [1.29, 1.82) is 0 Å². The number of carbonyl (C=O) groups excluding carboxylic acids is 1. The molecule has 1 heterocycles. The van der Waals surface area contributed by atoms with Crippen LogP contribution >= 0.6 is 0 Å². The molecule has 1 rings (SSSR count). The summed E-state index contributed by atoms with van der Waals surface area (Å²) in [5.74, 6) is 0. The number of hydrogen-bond donors (Lipinski definition) is 1. The van der Waals surface area contributed by atoms with E-state index in [1.807, 2.05) is 20.8 Å². The Morgan fingerprint density at radius 2 is 1.94 bits per heavy atom. The Labute approximate surface area is 104 Å². The quantitative estimate of drug-likeness (QED) is 0.576. The van der Waals surface area contributed by atoms with Crippen LogP contribution < -0.4 is 5.32 Å². The van der Waals surface area contributed by atoms with E-state index in [2.05, 4.69) is 12.2 Å². The summed E-state index contributed by atoms with van der Waals surface area (Å²) >= 11 is 0. The Morgan fingerprint density at radius 1 is 1.29 bits per heavy atom. The van der Waals surface area contributed by atoms with E-state index in [9.17, 15) is 4.79 Å². The van der Waals surface area contributed by atoms with Gasteiger partial charge in [0.05, 0.1) is 12.2 Å². The zero-order valence-electron chi connectivity index (χ0n) is 11.4. The molecule has 0 aliphatic carbocycles. The lowest BCUT2D eigenvalue weighted by Gasteiger charge is -2.19. The smallest absolute Gasteiger partial charge is 0.407 e. The predicted octanol–water partition coefficient (Wildman–Crippen LogP) is 2.86. The van der Waals surface area contributed by atoms with Gasteiger partial charge in [-0.25, -0.2) is 4.79 Å². The molecule has 1 saturated heterocycles. The van der Waals surface area contributed by atoms with Gasteiger partial charge < -0.3 is 14.8 Å². The van der Waals surface area contributed by atoms with Gasteiger partial charge in [-0.2, -0.15) is 0 Å². The average Bonchev–Trinajstić information content (AvgIpc) is 2.89. The number of rotatable bonds is 6. The van der Waals surface area contributed by atoms with Gasteiger partial charge in [-0.1, -0.05) is 13.3 Å². The van der Waals surface area contributed by atoms with Crippen LogP contribution in [0.5, 0.6) is 0 Å². The normalized spacial score (nSPS) is 23.3. The number of alkyl carbamates (subject to hydrolysis) is 1. The van der Waals surface area contributed by atoms with Gasteiger partial charge >= 0.3 is 6.09 Å². The molecule has 1 amide bonds. The molecule has 0 aromatic carbocycles. The van der Waals surface area contributed by atoms with Crippen LogP contribution in [-0.4, -0.2) is 30.4 Å². The Morgan fingerprint density at radius 3 is 2.53 bits per heavy atom. The minimum Gasteiger partial charge on any atom is -0.444 e. The highest BCUT2D eigenvalue weighted by atomic mass is 16.6. The molecular formula is C13H25NO3. The first-order valence-corrected chi connectivity index (χ1v) is 6.54. The summed E-state index contributed by atoms with van der Waals surface area (Å²) in [5.41, 5.74) is -0.421. The fourth-order valence-electron chi connectivity index (χ4n) is 1.78. The topological polar surface area (TPSA) is 50.9 Å². The van der Waals surface area contributed by atoms with Crippen molar-refractivity contribution in [2.75, 3.05) is 6.54 Å². The minimum absolute atomic E-state index is 0.334. The second-order valence-corrected chi connectivity index (χ2v) is 5.57. The molecule has 1 aliphatic heterocycles. The third-order valence-corrected chi connectivity index (χ3v) is 2.59. The first-order chi connectivity index (χ1) is 7.92. The van der Waals surface area contributed by atoms with Crippen LogP contribution in [0.25, 0.3) is 0 Å². The molecular weight excluding hydrogens is 218 g/mol. The van der Waals surface area contributed by atoms with Gasteiger partial charge in [0.25, 0.3) is 0 Å². The molecule has 0 radical (unpaired) electrons. The molecule has 17 heavy (non-hydrogen) atoms. The first-order valence-electron chi connectivity index (χ1n) is 6.54. The van der Waals surface area contributed by atoms with E-state index in [1.54, 1.807) is 0 Å². The molecule has 4 nitrogen and oxygen atoms in total. The summed E-state index contributed by atoms with van der Waals surface area (Å²) in [5, 5.41) is 2.75. The van der Waals surface area contributed by atoms with Crippen molar-refractivity contribution in [3.8, 4) is 0 Å². The fraction of sp³-hybridized carbons (Fsp3) is 0.923. The Bertz CT molecular complexity index is 248. The summed E-state index contributed by atoms with van der Waals surface area (Å²) in [6, 6.07) is 0. The largest absolute Gasteiger partial charge is 0.444 e. The SMILES string of the molecule is CCCC1OC1CCCNC(=O)OC(C)(C)C. The summed E-state index contributed by atoms with van der Waals surface area (Å²) in [4.78, 5) is 11.3. The van der Waals surface area contributed by atoms with E-state index in [-0.39, 0.29) is 6.09 Å². The molecule has 1 fully saturated rings. The maximum Gasteiger partial charge on any atom is 0.407 e. The standard InChI is InChI=1S/C13H25NO3/c1-5-7-10-11(16-10)8-6-9-14-12(15)17-13(2,3)4/h10-11H,5-9H2,1-4H3,(H,14,15). The molecule has 0 bridgehead atoms. The van der Waals surface area contributed by atoms with Crippen molar-refractivity contribution in [3.63, 3.8) is 0 Å². The Kier molecular flexibility index (Phi) is 5.25. The second kappa shape index (κ2) is 6.24. The van der Waals surface area contributed by atoms with E-state index in [4.69, 9.17) is 9.47 Å². The lowest BCUT2D eigenvalue weighted by atomic mass is 10.1. The monoisotopic (exact) mass is 243 g/mol. The molecule has 100 valence electrons. The molecule has 1 aliphatic rings. The van der Waals surface area contributed by atoms with Gasteiger partial charge in [0.15, 0.2) is 0 Å². The summed E-state index contributed by atoms with van der Waals surface area (Å²) in [6.07, 6.45) is 4.88. The van der Waals surface area contributed by atoms with E-state index in [1.165, 1.54) is 6.42 Å². The van der Waals surface area contributed by atoms with Gasteiger partial charge in [0, 0.05) is 6.54 Å². The molecule has 0 saturated carbocycles. The third-order valence-electron chi connectivity index (χ3n) is 2.59. The van der Waals surface area contributed by atoms with Crippen molar-refractivity contribution < 1.29 is 14.3 Å². The van der Waals surface area contributed by atoms with Crippen molar-refractivity contribution in [3.05, 3.63) is 0 Å². The van der Waals surface area contributed by atoms with Gasteiger partial charge in [0.2, 0.25) is 0 Å². The van der Waals surface area contributed by atoms with Gasteiger partial charge in [-0.05, 0) is 40.0 Å². The summed E-state index contributed by atoms with van der Waals surface area (Å²) in [6.45, 7) is 8.41. The zero-order chi connectivity index (χ0) is 12.9. The third kappa shape index (κ3) is 6.51.